The van der Waals surface area contributed by atoms with Crippen molar-refractivity contribution in [2.24, 2.45) is 16.3 Å². The topological polar surface area (TPSA) is 18.8 Å². The van der Waals surface area contributed by atoms with Crippen molar-refractivity contribution in [3.8, 4) is 11.1 Å². The molecule has 0 saturated carbocycles. The van der Waals surface area contributed by atoms with Gasteiger partial charge in [-0.15, -0.1) is 0 Å². The van der Waals surface area contributed by atoms with E-state index in [-0.39, 0.29) is 23.9 Å². The molecule has 3 atom stereocenters. The minimum absolute atomic E-state index is 0.154. The monoisotopic (exact) mass is 569 g/mol. The molecule has 1 saturated heterocycles. The maximum absolute atomic E-state index is 14.2. The molecule has 0 aliphatic carbocycles. The number of amidine groups is 1. The summed E-state index contributed by atoms with van der Waals surface area (Å²) in [4.78, 5) is 9.40. The van der Waals surface area contributed by atoms with Crippen molar-refractivity contribution >= 4 is 17.2 Å². The molecule has 3 unspecified atom stereocenters. The van der Waals surface area contributed by atoms with Crippen LogP contribution in [0.4, 0.5) is 24.5 Å². The lowest BCUT2D eigenvalue weighted by molar-refractivity contribution is -0.0984. The molecule has 0 N–H and O–H groups in total. The fourth-order valence-electron chi connectivity index (χ4n) is 7.73. The van der Waals surface area contributed by atoms with Gasteiger partial charge in [0.15, 0.2) is 5.84 Å². The number of aliphatic imine (C=N–C) groups is 1. The zero-order chi connectivity index (χ0) is 29.6. The Morgan fingerprint density at radius 1 is 0.833 bits per heavy atom. The highest BCUT2D eigenvalue weighted by Crippen LogP contribution is 2.60. The van der Waals surface area contributed by atoms with E-state index in [2.05, 4.69) is 85.2 Å². The quantitative estimate of drug-likeness (QED) is 0.304. The van der Waals surface area contributed by atoms with E-state index in [9.17, 15) is 13.2 Å². The number of hydrogen-bond donors (Lipinski definition) is 0. The molecule has 6 rings (SSSR count). The van der Waals surface area contributed by atoms with Crippen LogP contribution < -0.4 is 9.80 Å². The minimum Gasteiger partial charge on any atom is -0.316 e. The lowest BCUT2D eigenvalue weighted by Crippen LogP contribution is -2.57. The van der Waals surface area contributed by atoms with Gasteiger partial charge in [0.25, 0.3) is 0 Å². The number of nitrogens with zero attached hydrogens (tertiary/aromatic N) is 3. The maximum Gasteiger partial charge on any atom is 0.414 e. The van der Waals surface area contributed by atoms with E-state index < -0.39 is 17.7 Å². The first kappa shape index (κ1) is 28.3. The molecule has 0 amide bonds. The highest BCUT2D eigenvalue weighted by atomic mass is 19.4. The van der Waals surface area contributed by atoms with Crippen LogP contribution in [0.5, 0.6) is 0 Å². The second-order valence-corrected chi connectivity index (χ2v) is 11.7. The summed E-state index contributed by atoms with van der Waals surface area (Å²) in [5.74, 6) is 0.163. The van der Waals surface area contributed by atoms with Crippen LogP contribution in [0.2, 0.25) is 0 Å². The lowest BCUT2D eigenvalue weighted by atomic mass is 9.62. The summed E-state index contributed by atoms with van der Waals surface area (Å²) in [6.07, 6.45) is 1.58. The van der Waals surface area contributed by atoms with Gasteiger partial charge in [0.05, 0.1) is 17.0 Å². The van der Waals surface area contributed by atoms with Crippen molar-refractivity contribution in [3.63, 3.8) is 0 Å². The fourth-order valence-corrected chi connectivity index (χ4v) is 7.73. The van der Waals surface area contributed by atoms with Gasteiger partial charge in [-0.05, 0) is 60.8 Å². The van der Waals surface area contributed by atoms with Crippen LogP contribution in [0.1, 0.15) is 64.9 Å². The van der Waals surface area contributed by atoms with Crippen LogP contribution in [-0.4, -0.2) is 18.2 Å². The Kier molecular flexibility index (Phi) is 7.28. The molecule has 6 heteroatoms. The zero-order valence-electron chi connectivity index (χ0n) is 24.7. The number of anilines is 2. The Hall–Kier alpha value is -3.80. The zero-order valence-corrected chi connectivity index (χ0v) is 24.7. The van der Waals surface area contributed by atoms with Crippen LogP contribution in [0.3, 0.4) is 0 Å². The van der Waals surface area contributed by atoms with Crippen LogP contribution in [-0.2, 0) is 0 Å². The van der Waals surface area contributed by atoms with Gasteiger partial charge in [0.2, 0.25) is 0 Å². The Bertz CT molecular complexity index is 1550. The number of rotatable bonds is 5. The summed E-state index contributed by atoms with van der Waals surface area (Å²) in [6.45, 7) is 8.43. The molecule has 3 heterocycles. The summed E-state index contributed by atoms with van der Waals surface area (Å²) in [5.41, 5.74) is 5.64. The van der Waals surface area contributed by atoms with E-state index >= 15 is 0 Å². The smallest absolute Gasteiger partial charge is 0.316 e. The van der Waals surface area contributed by atoms with Gasteiger partial charge >= 0.3 is 6.18 Å². The van der Waals surface area contributed by atoms with Crippen LogP contribution in [0.15, 0.2) is 107 Å². The third-order valence-electron chi connectivity index (χ3n) is 9.81. The van der Waals surface area contributed by atoms with Gasteiger partial charge < -0.3 is 9.80 Å². The van der Waals surface area contributed by atoms with Crippen LogP contribution >= 0.6 is 0 Å². The van der Waals surface area contributed by atoms with Gasteiger partial charge in [-0.3, -0.25) is 0 Å². The number of fused-ring (bicyclic) bond motifs is 5. The first-order valence-electron chi connectivity index (χ1n) is 15.1. The molecule has 0 aromatic heterocycles. The van der Waals surface area contributed by atoms with E-state index in [1.54, 1.807) is 6.92 Å². The Balaban J connectivity index is 1.69. The van der Waals surface area contributed by atoms with Gasteiger partial charge in [-0.1, -0.05) is 101 Å². The van der Waals surface area contributed by atoms with Crippen molar-refractivity contribution < 1.29 is 13.2 Å². The summed E-state index contributed by atoms with van der Waals surface area (Å²) in [5, 5.41) is 0. The van der Waals surface area contributed by atoms with Gasteiger partial charge in [0, 0.05) is 22.9 Å². The number of halogens is 3. The molecule has 42 heavy (non-hydrogen) atoms. The summed E-state index contributed by atoms with van der Waals surface area (Å²) < 4.78 is 42.5. The average Bonchev–Trinajstić information content (AvgIpc) is 3.31. The Morgan fingerprint density at radius 2 is 1.48 bits per heavy atom. The molecular weight excluding hydrogens is 531 g/mol. The molecule has 3 aliphatic rings. The van der Waals surface area contributed by atoms with E-state index in [0.717, 1.165) is 53.7 Å². The predicted molar refractivity (Wildman–Crippen MR) is 167 cm³/mol. The van der Waals surface area contributed by atoms with E-state index in [1.165, 1.54) is 5.56 Å². The Morgan fingerprint density at radius 3 is 2.14 bits per heavy atom. The first-order valence-corrected chi connectivity index (χ1v) is 15.1. The van der Waals surface area contributed by atoms with E-state index in [4.69, 9.17) is 4.99 Å². The van der Waals surface area contributed by atoms with Crippen LogP contribution in [0.25, 0.3) is 11.1 Å². The summed E-state index contributed by atoms with van der Waals surface area (Å²) >= 11 is 0. The second kappa shape index (κ2) is 10.8. The normalized spacial score (nSPS) is 23.1. The van der Waals surface area contributed by atoms with Crippen molar-refractivity contribution in [3.05, 3.63) is 108 Å². The average molecular weight is 570 g/mol. The number of hydrogen-bond acceptors (Lipinski definition) is 3. The van der Waals surface area contributed by atoms with E-state index in [1.807, 2.05) is 30.3 Å². The lowest BCUT2D eigenvalue weighted by Gasteiger charge is -2.54. The van der Waals surface area contributed by atoms with Gasteiger partial charge in [0.1, 0.15) is 6.17 Å². The van der Waals surface area contributed by atoms with Crippen molar-refractivity contribution in [2.45, 2.75) is 71.6 Å². The molecular formula is C36H38F3N3. The number of allylic oxidation sites excluding steroid dienone is 2. The molecule has 0 bridgehead atoms. The molecule has 3 nitrogen and oxygen atoms in total. The number of alkyl halides is 3. The molecule has 3 aliphatic heterocycles. The third-order valence-corrected chi connectivity index (χ3v) is 9.81. The number of para-hydroxylation sites is 2. The largest absolute Gasteiger partial charge is 0.414 e. The highest BCUT2D eigenvalue weighted by Gasteiger charge is 2.58. The molecule has 218 valence electrons. The third kappa shape index (κ3) is 4.29. The maximum atomic E-state index is 14.2. The van der Waals surface area contributed by atoms with Crippen molar-refractivity contribution in [1.82, 2.24) is 0 Å². The van der Waals surface area contributed by atoms with Crippen molar-refractivity contribution in [1.29, 1.82) is 0 Å². The molecule has 3 aromatic carbocycles. The molecule has 1 fully saturated rings. The van der Waals surface area contributed by atoms with Crippen LogP contribution in [0, 0.1) is 11.3 Å². The van der Waals surface area contributed by atoms with E-state index in [0.29, 0.717) is 5.84 Å². The standard InChI is InChI=1S/C36H38F3N3/c1-5-28-27-18-12-14-20-31(27)42-33-32(22-21-24(4)29(23-40-33)36(37,38)39)41(34(42)35(28,6-2)7-3)30-19-13-11-17-26(30)25-15-9-8-10-16-25/h8-20,22-24,28,34H,5-7,21H2,1-4H3. The molecule has 0 spiro atoms. The number of benzene rings is 3. The van der Waals surface area contributed by atoms with Crippen molar-refractivity contribution in [2.75, 3.05) is 9.80 Å². The van der Waals surface area contributed by atoms with Gasteiger partial charge in [-0.2, -0.15) is 13.2 Å². The summed E-state index contributed by atoms with van der Waals surface area (Å²) in [6, 6.07) is 27.2. The second-order valence-electron chi connectivity index (χ2n) is 11.7. The highest BCUT2D eigenvalue weighted by molar-refractivity contribution is 6.17. The predicted octanol–water partition coefficient (Wildman–Crippen LogP) is 10.1. The first-order chi connectivity index (χ1) is 20.3. The Labute approximate surface area is 247 Å². The fraction of sp³-hybridized carbons (Fsp3) is 0.361. The molecule has 3 aromatic rings. The minimum atomic E-state index is -4.43. The van der Waals surface area contributed by atoms with Gasteiger partial charge in [-0.25, -0.2) is 4.99 Å². The SMILES string of the molecule is CCC1c2ccccc2N2C3=NC=C(C(F)(F)F)C(C)CC=C3N(c3ccccc3-c3ccccc3)C2C1(CC)CC. The molecule has 0 radical (unpaired) electrons. The summed E-state index contributed by atoms with van der Waals surface area (Å²) in [7, 11) is 0.